The van der Waals surface area contributed by atoms with Crippen LogP contribution in [0.25, 0.3) is 0 Å². The molecule has 0 radical (unpaired) electrons. The summed E-state index contributed by atoms with van der Waals surface area (Å²) < 4.78 is 17.5. The van der Waals surface area contributed by atoms with Crippen molar-refractivity contribution in [3.63, 3.8) is 0 Å². The number of rotatable bonds is 11. The lowest BCUT2D eigenvalue weighted by molar-refractivity contribution is -0.516. The smallest absolute Gasteiger partial charge is 0.309 e. The van der Waals surface area contributed by atoms with Gasteiger partial charge in [-0.1, -0.05) is 26.8 Å². The monoisotopic (exact) mass is 484 g/mol. The molecule has 0 fully saturated rings. The molecule has 1 rings (SSSR count). The predicted molar refractivity (Wildman–Crippen MR) is 127 cm³/mol. The lowest BCUT2D eigenvalue weighted by Crippen LogP contribution is -2.44. The maximum atomic E-state index is 12.0. The zero-order valence-electron chi connectivity index (χ0n) is 20.8. The maximum absolute atomic E-state index is 12.0. The van der Waals surface area contributed by atoms with Gasteiger partial charge >= 0.3 is 5.97 Å². The number of esters is 1. The number of ether oxygens (including phenoxy) is 2. The summed E-state index contributed by atoms with van der Waals surface area (Å²) in [5, 5.41) is 22.0. The highest BCUT2D eigenvalue weighted by molar-refractivity contribution is 6.74. The molecule has 0 bridgehead atoms. The second-order valence-electron chi connectivity index (χ2n) is 10.5. The molecule has 0 aliphatic carbocycles. The van der Waals surface area contributed by atoms with Crippen molar-refractivity contribution in [2.24, 2.45) is 0 Å². The third kappa shape index (κ3) is 9.76. The molecule has 0 aromatic heterocycles. The van der Waals surface area contributed by atoms with E-state index in [1.807, 2.05) is 13.1 Å². The maximum Gasteiger partial charge on any atom is 0.309 e. The highest BCUT2D eigenvalue weighted by Gasteiger charge is 2.40. The van der Waals surface area contributed by atoms with Gasteiger partial charge in [-0.15, -0.1) is 0 Å². The Balaban J connectivity index is 3.22. The lowest BCUT2D eigenvalue weighted by Gasteiger charge is -2.37. The summed E-state index contributed by atoms with van der Waals surface area (Å²) in [6.45, 7) is 14.5. The summed E-state index contributed by atoms with van der Waals surface area (Å²) in [4.78, 5) is 33.0. The van der Waals surface area contributed by atoms with Crippen LogP contribution in [0.3, 0.4) is 0 Å². The Kier molecular flexibility index (Phi) is 9.40. The lowest BCUT2D eigenvalue weighted by atomic mass is 9.99. The van der Waals surface area contributed by atoms with Crippen LogP contribution in [-0.4, -0.2) is 49.4 Å². The molecule has 0 saturated carbocycles. The minimum atomic E-state index is -2.33. The van der Waals surface area contributed by atoms with Crippen molar-refractivity contribution in [1.29, 1.82) is 0 Å². The van der Waals surface area contributed by atoms with Crippen LogP contribution < -0.4 is 9.16 Å². The van der Waals surface area contributed by atoms with Gasteiger partial charge < -0.3 is 13.9 Å². The quantitative estimate of drug-likeness (QED) is 0.189. The number of carbonyl (C=O) groups excluding carboxylic acids is 1. The van der Waals surface area contributed by atoms with E-state index in [-0.39, 0.29) is 18.1 Å². The van der Waals surface area contributed by atoms with E-state index < -0.39 is 48.7 Å². The Morgan fingerprint density at radius 3 is 2.00 bits per heavy atom. The summed E-state index contributed by atoms with van der Waals surface area (Å²) in [6, 6.07) is 4.74. The van der Waals surface area contributed by atoms with E-state index in [1.165, 1.54) is 0 Å². The third-order valence-electron chi connectivity index (χ3n) is 5.33. The first kappa shape index (κ1) is 28.3. The second kappa shape index (κ2) is 11.0. The van der Waals surface area contributed by atoms with Crippen molar-refractivity contribution in [1.82, 2.24) is 0 Å². The zero-order chi connectivity index (χ0) is 25.6. The number of nitro groups is 2. The fourth-order valence-electron chi connectivity index (χ4n) is 2.67. The molecule has 0 unspecified atom stereocenters. The molecule has 1 aromatic rings. The summed E-state index contributed by atoms with van der Waals surface area (Å²) >= 11 is 0. The molecule has 0 N–H and O–H groups in total. The van der Waals surface area contributed by atoms with Crippen LogP contribution in [0.15, 0.2) is 18.2 Å². The van der Waals surface area contributed by atoms with Crippen LogP contribution in [0.2, 0.25) is 18.1 Å². The molecule has 33 heavy (non-hydrogen) atoms. The Bertz CT molecular complexity index is 843. The van der Waals surface area contributed by atoms with E-state index in [2.05, 4.69) is 20.8 Å². The third-order valence-corrected chi connectivity index (χ3v) is 9.68. The largest absolute Gasteiger partial charge is 0.541 e. The average Bonchev–Trinajstić information content (AvgIpc) is 2.58. The van der Waals surface area contributed by atoms with Crippen LogP contribution in [-0.2, 0) is 9.53 Å². The molecule has 186 valence electrons. The number of nitrogens with zero attached hydrogens (tertiary/aromatic N) is 2. The summed E-state index contributed by atoms with van der Waals surface area (Å²) in [7, 11) is -2.33. The molecule has 0 aliphatic rings. The van der Waals surface area contributed by atoms with Crippen LogP contribution >= 0.6 is 0 Å². The van der Waals surface area contributed by atoms with Gasteiger partial charge in [-0.2, -0.15) is 0 Å². The van der Waals surface area contributed by atoms with Crippen molar-refractivity contribution in [3.8, 4) is 11.5 Å². The molecule has 0 atom stereocenters. The molecule has 1 aromatic carbocycles. The Morgan fingerprint density at radius 1 is 1.00 bits per heavy atom. The zero-order valence-corrected chi connectivity index (χ0v) is 21.8. The van der Waals surface area contributed by atoms with Gasteiger partial charge in [0.2, 0.25) is 13.1 Å². The number of hydrogen-bond donors (Lipinski definition) is 0. The van der Waals surface area contributed by atoms with Crippen molar-refractivity contribution in [2.45, 2.75) is 77.6 Å². The van der Waals surface area contributed by atoms with Crippen LogP contribution in [0.4, 0.5) is 0 Å². The van der Waals surface area contributed by atoms with Crippen LogP contribution in [0.5, 0.6) is 11.5 Å². The standard InChI is InChI=1S/C22H36N2O8Si/c1-21(2,3)31-20(25)11-12-30-18-10-9-16(17(14-23(26)27)15-24(28)29)13-19(18)32-33(7,8)22(4,5)6/h9-10,13,17H,11-12,14-15H2,1-8H3. The van der Waals surface area contributed by atoms with Gasteiger partial charge in [0.25, 0.3) is 8.32 Å². The number of benzene rings is 1. The van der Waals surface area contributed by atoms with E-state index in [9.17, 15) is 25.0 Å². The first-order valence-corrected chi connectivity index (χ1v) is 13.7. The van der Waals surface area contributed by atoms with Gasteiger partial charge in [-0.3, -0.25) is 25.0 Å². The first-order valence-electron chi connectivity index (χ1n) is 10.8. The minimum absolute atomic E-state index is 0.0316. The summed E-state index contributed by atoms with van der Waals surface area (Å²) in [5.74, 6) is -0.580. The molecule has 0 amide bonds. The van der Waals surface area contributed by atoms with Crippen molar-refractivity contribution in [3.05, 3.63) is 44.0 Å². The second-order valence-corrected chi connectivity index (χ2v) is 15.2. The first-order chi connectivity index (χ1) is 14.9. The summed E-state index contributed by atoms with van der Waals surface area (Å²) in [5.41, 5.74) is -0.171. The highest BCUT2D eigenvalue weighted by Crippen LogP contribution is 2.41. The van der Waals surface area contributed by atoms with Gasteiger partial charge in [-0.25, -0.2) is 0 Å². The van der Waals surface area contributed by atoms with Gasteiger partial charge in [0, 0.05) is 9.85 Å². The van der Waals surface area contributed by atoms with Gasteiger partial charge in [-0.05, 0) is 56.6 Å². The fraction of sp³-hybridized carbons (Fsp3) is 0.682. The van der Waals surface area contributed by atoms with Crippen LogP contribution in [0, 0.1) is 20.2 Å². The number of carbonyl (C=O) groups is 1. The molecular weight excluding hydrogens is 448 g/mol. The molecule has 0 heterocycles. The van der Waals surface area contributed by atoms with E-state index in [1.54, 1.807) is 39.0 Å². The van der Waals surface area contributed by atoms with E-state index in [4.69, 9.17) is 13.9 Å². The fourth-order valence-corrected chi connectivity index (χ4v) is 3.69. The Labute approximate surface area is 196 Å². The van der Waals surface area contributed by atoms with E-state index in [0.717, 1.165) is 0 Å². The average molecular weight is 485 g/mol. The van der Waals surface area contributed by atoms with E-state index >= 15 is 0 Å². The van der Waals surface area contributed by atoms with Crippen molar-refractivity contribution < 1.29 is 28.5 Å². The molecule has 11 heteroatoms. The van der Waals surface area contributed by atoms with Gasteiger partial charge in [0.05, 0.1) is 13.0 Å². The minimum Gasteiger partial charge on any atom is -0.541 e. The molecule has 0 saturated heterocycles. The molecule has 0 aliphatic heterocycles. The van der Waals surface area contributed by atoms with Gasteiger partial charge in [0.15, 0.2) is 5.75 Å². The Hall–Kier alpha value is -2.69. The van der Waals surface area contributed by atoms with Gasteiger partial charge in [0.1, 0.15) is 17.3 Å². The SMILES string of the molecule is CC(C)(C)OC(=O)CCOc1ccc(C(C[N+](=O)[O-])C[N+](=O)[O-])cc1O[Si](C)(C)C(C)(C)C. The highest BCUT2D eigenvalue weighted by atomic mass is 28.4. The topological polar surface area (TPSA) is 131 Å². The van der Waals surface area contributed by atoms with E-state index in [0.29, 0.717) is 17.1 Å². The van der Waals surface area contributed by atoms with Crippen LogP contribution in [0.1, 0.15) is 59.4 Å². The normalized spacial score (nSPS) is 12.4. The summed E-state index contributed by atoms with van der Waals surface area (Å²) in [6.07, 6.45) is 0.0316. The molecule has 0 spiro atoms. The molecule has 10 nitrogen and oxygen atoms in total. The number of hydrogen-bond acceptors (Lipinski definition) is 8. The van der Waals surface area contributed by atoms with Crippen molar-refractivity contribution in [2.75, 3.05) is 19.7 Å². The predicted octanol–water partition coefficient (Wildman–Crippen LogP) is 4.82. The Morgan fingerprint density at radius 2 is 1.55 bits per heavy atom. The molecular formula is C22H36N2O8Si. The van der Waals surface area contributed by atoms with Crippen molar-refractivity contribution >= 4 is 14.3 Å².